The smallest absolute Gasteiger partial charge is 0.152 e. The van der Waals surface area contributed by atoms with Gasteiger partial charge in [0.25, 0.3) is 0 Å². The maximum Gasteiger partial charge on any atom is 0.152 e. The van der Waals surface area contributed by atoms with E-state index in [-0.39, 0.29) is 17.8 Å². The number of hydrogen-bond acceptors (Lipinski definition) is 4. The Kier molecular flexibility index (Phi) is 4.23. The lowest BCUT2D eigenvalue weighted by Crippen LogP contribution is -2.32. The summed E-state index contributed by atoms with van der Waals surface area (Å²) in [5.41, 5.74) is 7.94. The minimum atomic E-state index is -2.85. The monoisotopic (exact) mass is 346 g/mol. The fourth-order valence-electron chi connectivity index (χ4n) is 2.40. The van der Waals surface area contributed by atoms with Gasteiger partial charge in [0.05, 0.1) is 11.5 Å². The second-order valence-electron chi connectivity index (χ2n) is 5.16. The van der Waals surface area contributed by atoms with Crippen molar-refractivity contribution in [3.05, 3.63) is 28.2 Å². The Balaban J connectivity index is 2.21. The fourth-order valence-corrected chi connectivity index (χ4v) is 4.90. The second-order valence-corrected chi connectivity index (χ2v) is 8.25. The lowest BCUT2D eigenvalue weighted by atomic mass is 10.1. The summed E-state index contributed by atoms with van der Waals surface area (Å²) < 4.78 is 24.0. The molecule has 6 heteroatoms. The van der Waals surface area contributed by atoms with Crippen molar-refractivity contribution >= 4 is 31.5 Å². The van der Waals surface area contributed by atoms with Gasteiger partial charge in [0.1, 0.15) is 0 Å². The highest BCUT2D eigenvalue weighted by molar-refractivity contribution is 9.10. The first-order chi connectivity index (χ1) is 8.80. The van der Waals surface area contributed by atoms with Crippen molar-refractivity contribution in [3.8, 4) is 0 Å². The predicted octanol–water partition coefficient (Wildman–Crippen LogP) is 2.09. The Morgan fingerprint density at radius 3 is 2.63 bits per heavy atom. The number of anilines is 1. The molecule has 2 rings (SSSR count). The Labute approximate surface area is 123 Å². The molecule has 2 atom stereocenters. The third-order valence-corrected chi connectivity index (χ3v) is 6.08. The van der Waals surface area contributed by atoms with Crippen LogP contribution in [0.4, 0.5) is 5.69 Å². The molecule has 0 saturated carbocycles. The van der Waals surface area contributed by atoms with Gasteiger partial charge in [-0.25, -0.2) is 8.42 Å². The molecule has 1 aliphatic rings. The van der Waals surface area contributed by atoms with Crippen molar-refractivity contribution in [2.24, 2.45) is 5.73 Å². The summed E-state index contributed by atoms with van der Waals surface area (Å²) in [5, 5.41) is 0. The van der Waals surface area contributed by atoms with Gasteiger partial charge in [-0.1, -0.05) is 22.0 Å². The number of nitrogens with two attached hydrogens (primary N) is 1. The lowest BCUT2D eigenvalue weighted by Gasteiger charge is -2.26. The summed E-state index contributed by atoms with van der Waals surface area (Å²) >= 11 is 3.52. The summed E-state index contributed by atoms with van der Waals surface area (Å²) in [6.07, 6.45) is 0.700. The molecule has 1 aliphatic heterocycles. The average Bonchev–Trinajstić information content (AvgIpc) is 2.68. The predicted molar refractivity (Wildman–Crippen MR) is 82.2 cm³/mol. The Morgan fingerprint density at radius 2 is 2.16 bits per heavy atom. The van der Waals surface area contributed by atoms with E-state index >= 15 is 0 Å². The van der Waals surface area contributed by atoms with Crippen molar-refractivity contribution < 1.29 is 8.42 Å². The van der Waals surface area contributed by atoms with E-state index in [9.17, 15) is 8.42 Å². The van der Waals surface area contributed by atoms with Gasteiger partial charge in [0.15, 0.2) is 9.84 Å². The van der Waals surface area contributed by atoms with Gasteiger partial charge in [0.2, 0.25) is 0 Å². The molecule has 1 aromatic carbocycles. The first-order valence-electron chi connectivity index (χ1n) is 6.28. The van der Waals surface area contributed by atoms with Crippen LogP contribution in [0, 0.1) is 0 Å². The van der Waals surface area contributed by atoms with Crippen LogP contribution in [-0.2, 0) is 9.84 Å². The zero-order chi connectivity index (χ0) is 14.2. The molecule has 106 valence electrons. The summed E-state index contributed by atoms with van der Waals surface area (Å²) in [4.78, 5) is 2.04. The highest BCUT2D eigenvalue weighted by Gasteiger charge is 2.30. The summed E-state index contributed by atoms with van der Waals surface area (Å²) in [6, 6.07) is 6.03. The van der Waals surface area contributed by atoms with Crippen LogP contribution < -0.4 is 10.6 Å². The van der Waals surface area contributed by atoms with Crippen LogP contribution in [0.15, 0.2) is 22.7 Å². The number of sulfone groups is 1. The number of benzene rings is 1. The van der Waals surface area contributed by atoms with E-state index in [1.165, 1.54) is 0 Å². The Bertz CT molecular complexity index is 572. The molecular formula is C13H19BrN2O2S. The summed E-state index contributed by atoms with van der Waals surface area (Å²) in [5.74, 6) is 0.539. The van der Waals surface area contributed by atoms with Crippen LogP contribution in [0.1, 0.15) is 24.9 Å². The van der Waals surface area contributed by atoms with Crippen molar-refractivity contribution in [3.63, 3.8) is 0 Å². The maximum absolute atomic E-state index is 11.5. The molecule has 0 bridgehead atoms. The van der Waals surface area contributed by atoms with Crippen LogP contribution in [0.3, 0.4) is 0 Å². The van der Waals surface area contributed by atoms with Crippen LogP contribution in [0.25, 0.3) is 0 Å². The van der Waals surface area contributed by atoms with E-state index < -0.39 is 9.84 Å². The van der Waals surface area contributed by atoms with Gasteiger partial charge < -0.3 is 10.6 Å². The largest absolute Gasteiger partial charge is 0.371 e. The molecule has 1 saturated heterocycles. The van der Waals surface area contributed by atoms with E-state index in [0.717, 1.165) is 15.7 Å². The molecule has 0 amide bonds. The number of rotatable bonds is 3. The highest BCUT2D eigenvalue weighted by Crippen LogP contribution is 2.29. The average molecular weight is 347 g/mol. The summed E-state index contributed by atoms with van der Waals surface area (Å²) in [7, 11) is -0.910. The van der Waals surface area contributed by atoms with E-state index in [1.807, 2.05) is 37.1 Å². The van der Waals surface area contributed by atoms with E-state index in [0.29, 0.717) is 12.2 Å². The number of halogens is 1. The minimum Gasteiger partial charge on any atom is -0.371 e. The van der Waals surface area contributed by atoms with Gasteiger partial charge >= 0.3 is 0 Å². The van der Waals surface area contributed by atoms with Gasteiger partial charge in [-0.2, -0.15) is 0 Å². The first-order valence-corrected chi connectivity index (χ1v) is 8.90. The molecule has 4 nitrogen and oxygen atoms in total. The molecule has 1 heterocycles. The molecule has 1 fully saturated rings. The second kappa shape index (κ2) is 5.42. The molecule has 1 unspecified atom stereocenters. The standard InChI is InChI=1S/C13H19BrN2O2S/c1-9(15)12-4-3-10(7-13(12)14)16(2)11-5-6-19(17,18)8-11/h3-4,7,9,11H,5-6,8,15H2,1-2H3/t9-,11?/m1/s1. The molecule has 0 radical (unpaired) electrons. The lowest BCUT2D eigenvalue weighted by molar-refractivity contribution is 0.601. The summed E-state index contributed by atoms with van der Waals surface area (Å²) in [6.45, 7) is 1.94. The van der Waals surface area contributed by atoms with Crippen LogP contribution in [-0.4, -0.2) is 33.0 Å². The molecule has 1 aromatic rings. The first kappa shape index (κ1) is 14.8. The Morgan fingerprint density at radius 1 is 1.47 bits per heavy atom. The van der Waals surface area contributed by atoms with Gasteiger partial charge in [-0.3, -0.25) is 0 Å². The van der Waals surface area contributed by atoms with E-state index in [2.05, 4.69) is 15.9 Å². The third kappa shape index (κ3) is 3.30. The quantitative estimate of drug-likeness (QED) is 0.910. The SMILES string of the molecule is C[C@@H](N)c1ccc(N(C)C2CCS(=O)(=O)C2)cc1Br. The molecule has 0 spiro atoms. The van der Waals surface area contributed by atoms with Crippen LogP contribution in [0.2, 0.25) is 0 Å². The van der Waals surface area contributed by atoms with Crippen molar-refractivity contribution in [2.75, 3.05) is 23.5 Å². The molecular weight excluding hydrogens is 328 g/mol. The molecule has 0 aliphatic carbocycles. The third-order valence-electron chi connectivity index (χ3n) is 3.64. The minimum absolute atomic E-state index is 0.0272. The van der Waals surface area contributed by atoms with E-state index in [1.54, 1.807) is 0 Å². The van der Waals surface area contributed by atoms with Gasteiger partial charge in [-0.15, -0.1) is 0 Å². The number of nitrogens with zero attached hydrogens (tertiary/aromatic N) is 1. The highest BCUT2D eigenvalue weighted by atomic mass is 79.9. The molecule has 19 heavy (non-hydrogen) atoms. The van der Waals surface area contributed by atoms with Crippen LogP contribution in [0.5, 0.6) is 0 Å². The fraction of sp³-hybridized carbons (Fsp3) is 0.538. The molecule has 0 aromatic heterocycles. The molecule has 2 N–H and O–H groups in total. The van der Waals surface area contributed by atoms with Crippen molar-refractivity contribution in [1.82, 2.24) is 0 Å². The van der Waals surface area contributed by atoms with Crippen molar-refractivity contribution in [1.29, 1.82) is 0 Å². The van der Waals surface area contributed by atoms with Gasteiger partial charge in [-0.05, 0) is 31.0 Å². The maximum atomic E-state index is 11.5. The Hall–Kier alpha value is -0.590. The van der Waals surface area contributed by atoms with Gasteiger partial charge in [0, 0.05) is 29.3 Å². The normalized spacial score (nSPS) is 23.3. The zero-order valence-electron chi connectivity index (χ0n) is 11.1. The number of hydrogen-bond donors (Lipinski definition) is 1. The van der Waals surface area contributed by atoms with Crippen molar-refractivity contribution in [2.45, 2.75) is 25.4 Å². The zero-order valence-corrected chi connectivity index (χ0v) is 13.5. The van der Waals surface area contributed by atoms with Crippen LogP contribution >= 0.6 is 15.9 Å². The topological polar surface area (TPSA) is 63.4 Å². The van der Waals surface area contributed by atoms with E-state index in [4.69, 9.17) is 5.73 Å².